The first kappa shape index (κ1) is 13.8. The lowest BCUT2D eigenvalue weighted by molar-refractivity contribution is 0.0946. The van der Waals surface area contributed by atoms with E-state index in [1.807, 2.05) is 13.8 Å². The molecule has 5 nitrogen and oxygen atoms in total. The van der Waals surface area contributed by atoms with Crippen molar-refractivity contribution in [3.63, 3.8) is 0 Å². The molecule has 0 saturated carbocycles. The number of nitrogens with one attached hydrogen (secondary N) is 1. The van der Waals surface area contributed by atoms with Crippen molar-refractivity contribution in [2.75, 3.05) is 19.7 Å². The van der Waals surface area contributed by atoms with Gasteiger partial charge in [-0.3, -0.25) is 5.32 Å². The normalized spacial score (nSPS) is 18.5. The van der Waals surface area contributed by atoms with E-state index in [0.717, 1.165) is 19.3 Å². The molecule has 0 aromatic rings. The molecule has 0 aromatic heterocycles. The monoisotopic (exact) mass is 239 g/mol. The lowest BCUT2D eigenvalue weighted by Crippen LogP contribution is -2.47. The molecule has 1 amide bonds. The van der Waals surface area contributed by atoms with Crippen LogP contribution in [0, 0.1) is 11.3 Å². The van der Waals surface area contributed by atoms with Gasteiger partial charge in [0, 0.05) is 19.1 Å². The molecule has 0 aliphatic carbocycles. The molecular formula is C12H21N3O2. The van der Waals surface area contributed by atoms with Crippen molar-refractivity contribution >= 4 is 6.09 Å². The van der Waals surface area contributed by atoms with E-state index in [0.29, 0.717) is 25.7 Å². The molecular weight excluding hydrogens is 218 g/mol. The maximum Gasteiger partial charge on any atom is 0.409 e. The molecule has 0 radical (unpaired) electrons. The summed E-state index contributed by atoms with van der Waals surface area (Å²) in [6.45, 7) is 5.64. The van der Waals surface area contributed by atoms with Crippen molar-refractivity contribution in [3.8, 4) is 6.07 Å². The van der Waals surface area contributed by atoms with Gasteiger partial charge < -0.3 is 9.64 Å². The van der Waals surface area contributed by atoms with Crippen molar-refractivity contribution in [2.24, 2.45) is 0 Å². The predicted molar refractivity (Wildman–Crippen MR) is 64.4 cm³/mol. The summed E-state index contributed by atoms with van der Waals surface area (Å²) in [6.07, 6.45) is 2.36. The van der Waals surface area contributed by atoms with Crippen molar-refractivity contribution < 1.29 is 9.53 Å². The van der Waals surface area contributed by atoms with Crippen molar-refractivity contribution in [1.82, 2.24) is 10.2 Å². The van der Waals surface area contributed by atoms with Crippen molar-refractivity contribution in [1.29, 1.82) is 5.26 Å². The maximum atomic E-state index is 11.5. The topological polar surface area (TPSA) is 65.4 Å². The number of ether oxygens (including phenoxy) is 1. The second-order valence-corrected chi connectivity index (χ2v) is 4.22. The number of likely N-dealkylation sites (tertiary alicyclic amines) is 1. The minimum atomic E-state index is -0.224. The molecule has 0 spiro atoms. The van der Waals surface area contributed by atoms with Gasteiger partial charge in [-0.25, -0.2) is 4.79 Å². The first-order chi connectivity index (χ1) is 8.21. The third kappa shape index (κ3) is 4.23. The highest BCUT2D eigenvalue weighted by Gasteiger charge is 2.24. The standard InChI is InChI=1S/C12H21N3O2/c1-3-10(9-13)14-11-5-7-15(8-6-11)12(16)17-4-2/h10-11,14H,3-8H2,1-2H3. The smallest absolute Gasteiger partial charge is 0.409 e. The molecule has 1 fully saturated rings. The number of rotatable bonds is 4. The lowest BCUT2D eigenvalue weighted by Gasteiger charge is -2.32. The van der Waals surface area contributed by atoms with Crippen LogP contribution >= 0.6 is 0 Å². The van der Waals surface area contributed by atoms with Gasteiger partial charge in [0.25, 0.3) is 0 Å². The molecule has 1 saturated heterocycles. The number of carbonyl (C=O) groups excluding carboxylic acids is 1. The summed E-state index contributed by atoms with van der Waals surface area (Å²) in [5.74, 6) is 0. The molecule has 1 aliphatic rings. The van der Waals surface area contributed by atoms with Crippen LogP contribution in [0.15, 0.2) is 0 Å². The van der Waals surface area contributed by atoms with Gasteiger partial charge in [-0.1, -0.05) is 6.92 Å². The third-order valence-corrected chi connectivity index (χ3v) is 3.02. The molecule has 96 valence electrons. The summed E-state index contributed by atoms with van der Waals surface area (Å²) in [4.78, 5) is 13.2. The molecule has 17 heavy (non-hydrogen) atoms. The fraction of sp³-hybridized carbons (Fsp3) is 0.833. The molecule has 1 unspecified atom stereocenters. The van der Waals surface area contributed by atoms with Gasteiger partial charge >= 0.3 is 6.09 Å². The van der Waals surface area contributed by atoms with Crippen LogP contribution < -0.4 is 5.32 Å². The number of hydrogen-bond donors (Lipinski definition) is 1. The highest BCUT2D eigenvalue weighted by molar-refractivity contribution is 5.67. The van der Waals surface area contributed by atoms with Gasteiger partial charge in [-0.2, -0.15) is 5.26 Å². The molecule has 1 aliphatic heterocycles. The summed E-state index contributed by atoms with van der Waals surface area (Å²) in [5.41, 5.74) is 0. The summed E-state index contributed by atoms with van der Waals surface area (Å²) >= 11 is 0. The Kier molecular flexibility index (Phi) is 5.78. The van der Waals surface area contributed by atoms with E-state index in [4.69, 9.17) is 10.00 Å². The SMILES string of the molecule is CCOC(=O)N1CCC(NC(C#N)CC)CC1. The largest absolute Gasteiger partial charge is 0.450 e. The zero-order valence-electron chi connectivity index (χ0n) is 10.6. The van der Waals surface area contributed by atoms with Gasteiger partial charge in [-0.15, -0.1) is 0 Å². The number of piperidine rings is 1. The second-order valence-electron chi connectivity index (χ2n) is 4.22. The highest BCUT2D eigenvalue weighted by atomic mass is 16.6. The Labute approximate surface area is 103 Å². The fourth-order valence-electron chi connectivity index (χ4n) is 1.97. The third-order valence-electron chi connectivity index (χ3n) is 3.02. The minimum Gasteiger partial charge on any atom is -0.450 e. The summed E-state index contributed by atoms with van der Waals surface area (Å²) in [5, 5.41) is 12.2. The van der Waals surface area contributed by atoms with Crippen molar-refractivity contribution in [3.05, 3.63) is 0 Å². The Morgan fingerprint density at radius 3 is 2.65 bits per heavy atom. The van der Waals surface area contributed by atoms with Crippen LogP contribution in [0.5, 0.6) is 0 Å². The lowest BCUT2D eigenvalue weighted by atomic mass is 10.0. The van der Waals surface area contributed by atoms with Crippen molar-refractivity contribution in [2.45, 2.75) is 45.2 Å². The molecule has 1 heterocycles. The number of nitrogens with zero attached hydrogens (tertiary/aromatic N) is 2. The van der Waals surface area contributed by atoms with E-state index in [9.17, 15) is 4.79 Å². The van der Waals surface area contributed by atoms with Gasteiger partial charge in [0.2, 0.25) is 0 Å². The predicted octanol–water partition coefficient (Wildman–Crippen LogP) is 1.50. The van der Waals surface area contributed by atoms with Crippen LogP contribution in [-0.2, 0) is 4.74 Å². The number of carbonyl (C=O) groups is 1. The minimum absolute atomic E-state index is 0.0749. The average molecular weight is 239 g/mol. The second kappa shape index (κ2) is 7.13. The summed E-state index contributed by atoms with van der Waals surface area (Å²) < 4.78 is 4.95. The van der Waals surface area contributed by atoms with E-state index in [-0.39, 0.29) is 12.1 Å². The Morgan fingerprint density at radius 2 is 2.18 bits per heavy atom. The number of nitriles is 1. The number of amides is 1. The zero-order valence-corrected chi connectivity index (χ0v) is 10.6. The van der Waals surface area contributed by atoms with Crippen LogP contribution in [0.25, 0.3) is 0 Å². The quantitative estimate of drug-likeness (QED) is 0.807. The Hall–Kier alpha value is -1.28. The molecule has 1 rings (SSSR count). The van der Waals surface area contributed by atoms with Gasteiger partial charge in [-0.05, 0) is 26.2 Å². The summed E-state index contributed by atoms with van der Waals surface area (Å²) in [6, 6.07) is 2.50. The van der Waals surface area contributed by atoms with Crippen LogP contribution in [0.1, 0.15) is 33.1 Å². The average Bonchev–Trinajstić information content (AvgIpc) is 2.37. The van der Waals surface area contributed by atoms with E-state index in [2.05, 4.69) is 11.4 Å². The van der Waals surface area contributed by atoms with Crippen LogP contribution in [0.2, 0.25) is 0 Å². The highest BCUT2D eigenvalue weighted by Crippen LogP contribution is 2.12. The van der Waals surface area contributed by atoms with Crippen LogP contribution in [-0.4, -0.2) is 42.8 Å². The van der Waals surface area contributed by atoms with E-state index < -0.39 is 0 Å². The van der Waals surface area contributed by atoms with Gasteiger partial charge in [0.15, 0.2) is 0 Å². The van der Waals surface area contributed by atoms with Gasteiger partial charge in [0.1, 0.15) is 0 Å². The fourth-order valence-corrected chi connectivity index (χ4v) is 1.97. The van der Waals surface area contributed by atoms with Gasteiger partial charge in [0.05, 0.1) is 18.7 Å². The van der Waals surface area contributed by atoms with E-state index in [1.165, 1.54) is 0 Å². The number of hydrogen-bond acceptors (Lipinski definition) is 4. The first-order valence-electron chi connectivity index (χ1n) is 6.28. The van der Waals surface area contributed by atoms with Crippen LogP contribution in [0.4, 0.5) is 4.79 Å². The summed E-state index contributed by atoms with van der Waals surface area (Å²) in [7, 11) is 0. The molecule has 1 N–H and O–H groups in total. The first-order valence-corrected chi connectivity index (χ1v) is 6.28. The Balaban J connectivity index is 2.31. The zero-order chi connectivity index (χ0) is 12.7. The Bertz CT molecular complexity index is 280. The van der Waals surface area contributed by atoms with E-state index in [1.54, 1.807) is 4.90 Å². The maximum absolute atomic E-state index is 11.5. The van der Waals surface area contributed by atoms with Crippen LogP contribution in [0.3, 0.4) is 0 Å². The molecule has 0 bridgehead atoms. The van der Waals surface area contributed by atoms with E-state index >= 15 is 0 Å². The molecule has 5 heteroatoms. The Morgan fingerprint density at radius 1 is 1.53 bits per heavy atom. The molecule has 0 aromatic carbocycles. The molecule has 1 atom stereocenters.